The third kappa shape index (κ3) is 2.59. The minimum absolute atomic E-state index is 0.0615. The molecule has 0 spiro atoms. The predicted molar refractivity (Wildman–Crippen MR) is 61.6 cm³/mol. The van der Waals surface area contributed by atoms with E-state index in [0.717, 1.165) is 23.5 Å². The maximum Gasteiger partial charge on any atom is 0.139 e. The van der Waals surface area contributed by atoms with Gasteiger partial charge in [0.1, 0.15) is 6.17 Å². The van der Waals surface area contributed by atoms with Crippen LogP contribution < -0.4 is 5.73 Å². The van der Waals surface area contributed by atoms with Gasteiger partial charge in [-0.3, -0.25) is 0 Å². The summed E-state index contributed by atoms with van der Waals surface area (Å²) in [5, 5.41) is 0. The van der Waals surface area contributed by atoms with Gasteiger partial charge in [-0.2, -0.15) is 0 Å². The molecule has 15 heavy (non-hydrogen) atoms. The van der Waals surface area contributed by atoms with Crippen molar-refractivity contribution in [3.63, 3.8) is 0 Å². The fraction of sp³-hybridized carbons (Fsp3) is 0.667. The maximum absolute atomic E-state index is 13.5. The number of alkyl halides is 1. The van der Waals surface area contributed by atoms with Crippen LogP contribution in [0.2, 0.25) is 0 Å². The van der Waals surface area contributed by atoms with Crippen LogP contribution in [0.15, 0.2) is 6.07 Å². The molecule has 2 N–H and O–H groups in total. The van der Waals surface area contributed by atoms with Crippen LogP contribution in [0.3, 0.4) is 0 Å². The first-order valence-corrected chi connectivity index (χ1v) is 5.48. The highest BCUT2D eigenvalue weighted by molar-refractivity contribution is 5.29. The van der Waals surface area contributed by atoms with Crippen LogP contribution in [0, 0.1) is 19.8 Å². The van der Waals surface area contributed by atoms with Crippen molar-refractivity contribution >= 4 is 0 Å². The smallest absolute Gasteiger partial charge is 0.139 e. The molecule has 0 aromatic carbocycles. The standard InChI is InChI=1S/C12H21FN2/c1-8(2)7-15-9(3)5-11(10(15)4)12(13)6-14/h5,8,12H,6-7,14H2,1-4H3. The zero-order chi connectivity index (χ0) is 11.6. The van der Waals surface area contributed by atoms with Gasteiger partial charge in [0.15, 0.2) is 0 Å². The minimum Gasteiger partial charge on any atom is -0.349 e. The predicted octanol–water partition coefficient (Wildman–Crippen LogP) is 2.73. The molecule has 0 saturated heterocycles. The second kappa shape index (κ2) is 4.79. The molecule has 1 heterocycles. The van der Waals surface area contributed by atoms with Gasteiger partial charge in [-0.25, -0.2) is 4.39 Å². The summed E-state index contributed by atoms with van der Waals surface area (Å²) >= 11 is 0. The first-order valence-electron chi connectivity index (χ1n) is 5.48. The van der Waals surface area contributed by atoms with E-state index in [-0.39, 0.29) is 6.54 Å². The average molecular weight is 212 g/mol. The largest absolute Gasteiger partial charge is 0.349 e. The number of halogens is 1. The van der Waals surface area contributed by atoms with Crippen LogP contribution in [0.5, 0.6) is 0 Å². The van der Waals surface area contributed by atoms with E-state index in [2.05, 4.69) is 18.4 Å². The molecule has 0 aliphatic heterocycles. The van der Waals surface area contributed by atoms with Crippen LogP contribution in [0.25, 0.3) is 0 Å². The Balaban J connectivity index is 3.03. The highest BCUT2D eigenvalue weighted by atomic mass is 19.1. The van der Waals surface area contributed by atoms with Gasteiger partial charge in [-0.05, 0) is 25.8 Å². The Bertz CT molecular complexity index is 329. The summed E-state index contributed by atoms with van der Waals surface area (Å²) < 4.78 is 15.7. The molecule has 3 heteroatoms. The van der Waals surface area contributed by atoms with Crippen LogP contribution >= 0.6 is 0 Å². The van der Waals surface area contributed by atoms with Crippen molar-refractivity contribution in [2.45, 2.75) is 40.4 Å². The monoisotopic (exact) mass is 212 g/mol. The zero-order valence-electron chi connectivity index (χ0n) is 10.0. The SMILES string of the molecule is Cc1cc(C(F)CN)c(C)n1CC(C)C. The van der Waals surface area contributed by atoms with Crippen LogP contribution in [0.1, 0.15) is 37.0 Å². The second-order valence-corrected chi connectivity index (χ2v) is 4.53. The van der Waals surface area contributed by atoms with Gasteiger partial charge >= 0.3 is 0 Å². The third-order valence-corrected chi connectivity index (χ3v) is 2.70. The lowest BCUT2D eigenvalue weighted by Crippen LogP contribution is -2.11. The molecule has 1 rings (SSSR count). The highest BCUT2D eigenvalue weighted by Crippen LogP contribution is 2.24. The van der Waals surface area contributed by atoms with E-state index < -0.39 is 6.17 Å². The number of rotatable bonds is 4. The van der Waals surface area contributed by atoms with Crippen molar-refractivity contribution in [3.05, 3.63) is 23.0 Å². The average Bonchev–Trinajstić information content (AvgIpc) is 2.44. The molecule has 0 radical (unpaired) electrons. The molecule has 0 amide bonds. The lowest BCUT2D eigenvalue weighted by molar-refractivity contribution is 0.350. The summed E-state index contributed by atoms with van der Waals surface area (Å²) in [4.78, 5) is 0. The Morgan fingerprint density at radius 2 is 2.00 bits per heavy atom. The second-order valence-electron chi connectivity index (χ2n) is 4.53. The Morgan fingerprint density at radius 1 is 1.40 bits per heavy atom. The van der Waals surface area contributed by atoms with Crippen molar-refractivity contribution < 1.29 is 4.39 Å². The van der Waals surface area contributed by atoms with Gasteiger partial charge in [0.2, 0.25) is 0 Å². The zero-order valence-corrected chi connectivity index (χ0v) is 10.0. The number of hydrogen-bond acceptors (Lipinski definition) is 1. The summed E-state index contributed by atoms with van der Waals surface area (Å²) in [6.45, 7) is 9.30. The van der Waals surface area contributed by atoms with E-state index in [1.54, 1.807) is 0 Å². The molecule has 86 valence electrons. The molecule has 1 aromatic heterocycles. The molecule has 0 fully saturated rings. The molecule has 1 atom stereocenters. The summed E-state index contributed by atoms with van der Waals surface area (Å²) in [6.07, 6.45) is -1.03. The van der Waals surface area contributed by atoms with Gasteiger partial charge in [0.05, 0.1) is 0 Å². The number of nitrogens with zero attached hydrogens (tertiary/aromatic N) is 1. The molecule has 0 bridgehead atoms. The number of aryl methyl sites for hydroxylation is 1. The van der Waals surface area contributed by atoms with Gasteiger partial charge in [0, 0.05) is 30.0 Å². The van der Waals surface area contributed by atoms with E-state index in [4.69, 9.17) is 5.73 Å². The molecule has 1 aromatic rings. The van der Waals surface area contributed by atoms with Gasteiger partial charge < -0.3 is 10.3 Å². The fourth-order valence-corrected chi connectivity index (χ4v) is 1.92. The topological polar surface area (TPSA) is 30.9 Å². The number of nitrogens with two attached hydrogens (primary N) is 1. The van der Waals surface area contributed by atoms with E-state index in [1.807, 2.05) is 19.9 Å². The fourth-order valence-electron chi connectivity index (χ4n) is 1.92. The van der Waals surface area contributed by atoms with Gasteiger partial charge in [0.25, 0.3) is 0 Å². The van der Waals surface area contributed by atoms with Crippen molar-refractivity contribution in [2.75, 3.05) is 6.54 Å². The van der Waals surface area contributed by atoms with E-state index in [1.165, 1.54) is 0 Å². The molecule has 2 nitrogen and oxygen atoms in total. The molecular weight excluding hydrogens is 191 g/mol. The molecule has 0 aliphatic carbocycles. The quantitative estimate of drug-likeness (QED) is 0.817. The molecular formula is C12H21FN2. The Hall–Kier alpha value is -0.830. The van der Waals surface area contributed by atoms with E-state index in [0.29, 0.717) is 5.92 Å². The van der Waals surface area contributed by atoms with Crippen molar-refractivity contribution in [2.24, 2.45) is 11.7 Å². The summed E-state index contributed by atoms with van der Waals surface area (Å²) in [7, 11) is 0. The Morgan fingerprint density at radius 3 is 2.47 bits per heavy atom. The normalized spacial score (nSPS) is 13.5. The van der Waals surface area contributed by atoms with Crippen LogP contribution in [0.4, 0.5) is 4.39 Å². The third-order valence-electron chi connectivity index (χ3n) is 2.70. The Kier molecular flexibility index (Phi) is 3.91. The lowest BCUT2D eigenvalue weighted by atomic mass is 10.1. The minimum atomic E-state index is -1.03. The van der Waals surface area contributed by atoms with Gasteiger partial charge in [-0.15, -0.1) is 0 Å². The van der Waals surface area contributed by atoms with E-state index in [9.17, 15) is 4.39 Å². The molecule has 0 aliphatic rings. The van der Waals surface area contributed by atoms with Crippen molar-refractivity contribution in [3.8, 4) is 0 Å². The number of hydrogen-bond donors (Lipinski definition) is 1. The molecule has 1 unspecified atom stereocenters. The van der Waals surface area contributed by atoms with Gasteiger partial charge in [-0.1, -0.05) is 13.8 Å². The first kappa shape index (κ1) is 12.2. The highest BCUT2D eigenvalue weighted by Gasteiger charge is 2.16. The maximum atomic E-state index is 13.5. The van der Waals surface area contributed by atoms with Crippen molar-refractivity contribution in [1.29, 1.82) is 0 Å². The lowest BCUT2D eigenvalue weighted by Gasteiger charge is -2.13. The Labute approximate surface area is 91.3 Å². The van der Waals surface area contributed by atoms with Crippen molar-refractivity contribution in [1.82, 2.24) is 4.57 Å². The van der Waals surface area contributed by atoms with Crippen LogP contribution in [-0.2, 0) is 6.54 Å². The van der Waals surface area contributed by atoms with Crippen LogP contribution in [-0.4, -0.2) is 11.1 Å². The first-order chi connectivity index (χ1) is 6.97. The molecule has 0 saturated carbocycles. The summed E-state index contributed by atoms with van der Waals surface area (Å²) in [5.74, 6) is 0.568. The summed E-state index contributed by atoms with van der Waals surface area (Å²) in [5.41, 5.74) is 8.23. The number of aromatic nitrogens is 1. The van der Waals surface area contributed by atoms with E-state index >= 15 is 0 Å². The summed E-state index contributed by atoms with van der Waals surface area (Å²) in [6, 6.07) is 1.91.